The number of aromatic nitrogens is 1. The highest BCUT2D eigenvalue weighted by Crippen LogP contribution is 2.27. The van der Waals surface area contributed by atoms with Gasteiger partial charge in [-0.15, -0.1) is 0 Å². The molecular weight excluding hydrogens is 246 g/mol. The molecule has 0 aliphatic heterocycles. The number of rotatable bonds is 5. The summed E-state index contributed by atoms with van der Waals surface area (Å²) in [4.78, 5) is 7.24. The average molecular weight is 271 g/mol. The Balaban J connectivity index is 2.68. The van der Waals surface area contributed by atoms with E-state index in [4.69, 9.17) is 10.7 Å². The molecule has 0 amide bonds. The van der Waals surface area contributed by atoms with Crippen LogP contribution in [0, 0.1) is 13.8 Å². The molecule has 3 nitrogen and oxygen atoms in total. The highest BCUT2D eigenvalue weighted by molar-refractivity contribution is 5.85. The number of aryl methyl sites for hydroxylation is 2. The van der Waals surface area contributed by atoms with Crippen molar-refractivity contribution in [2.45, 2.75) is 34.1 Å². The summed E-state index contributed by atoms with van der Waals surface area (Å²) in [6.07, 6.45) is 0.877. The zero-order chi connectivity index (χ0) is 14.7. The number of nitrogens with two attached hydrogens (primary N) is 1. The van der Waals surface area contributed by atoms with Crippen molar-refractivity contribution in [2.24, 2.45) is 5.73 Å². The minimum absolute atomic E-state index is 0.659. The van der Waals surface area contributed by atoms with Crippen LogP contribution in [0.15, 0.2) is 18.2 Å². The first-order chi connectivity index (χ1) is 9.60. The minimum atomic E-state index is 0.659. The van der Waals surface area contributed by atoms with Crippen molar-refractivity contribution in [3.8, 4) is 0 Å². The maximum absolute atomic E-state index is 5.77. The minimum Gasteiger partial charge on any atom is -0.357 e. The molecule has 108 valence electrons. The van der Waals surface area contributed by atoms with Gasteiger partial charge in [-0.3, -0.25) is 0 Å². The molecule has 1 aromatic heterocycles. The zero-order valence-electron chi connectivity index (χ0n) is 13.0. The van der Waals surface area contributed by atoms with E-state index in [1.165, 1.54) is 22.1 Å². The average Bonchev–Trinajstić information content (AvgIpc) is 2.41. The Bertz CT molecular complexity index is 601. The molecule has 0 fully saturated rings. The van der Waals surface area contributed by atoms with Crippen molar-refractivity contribution in [3.63, 3.8) is 0 Å². The van der Waals surface area contributed by atoms with E-state index in [1.807, 2.05) is 0 Å². The van der Waals surface area contributed by atoms with E-state index in [1.54, 1.807) is 0 Å². The van der Waals surface area contributed by atoms with E-state index in [9.17, 15) is 0 Å². The molecule has 2 aromatic rings. The van der Waals surface area contributed by atoms with Crippen LogP contribution in [0.1, 0.15) is 30.5 Å². The molecule has 0 aliphatic carbocycles. The molecule has 0 spiro atoms. The van der Waals surface area contributed by atoms with Crippen LogP contribution in [-0.2, 0) is 6.42 Å². The fourth-order valence-electron chi connectivity index (χ4n) is 2.80. The summed E-state index contributed by atoms with van der Waals surface area (Å²) in [5.41, 5.74) is 10.7. The van der Waals surface area contributed by atoms with Crippen LogP contribution in [0.25, 0.3) is 10.9 Å². The third-order valence-corrected chi connectivity index (χ3v) is 3.82. The molecule has 0 atom stereocenters. The topological polar surface area (TPSA) is 42.2 Å². The van der Waals surface area contributed by atoms with Crippen LogP contribution in [0.2, 0.25) is 0 Å². The van der Waals surface area contributed by atoms with Gasteiger partial charge in [-0.1, -0.05) is 6.07 Å². The number of anilines is 1. The predicted octanol–water partition coefficient (Wildman–Crippen LogP) is 3.20. The fraction of sp³-hybridized carbons (Fsp3) is 0.471. The number of benzene rings is 1. The van der Waals surface area contributed by atoms with Crippen molar-refractivity contribution in [1.29, 1.82) is 0 Å². The van der Waals surface area contributed by atoms with Crippen LogP contribution >= 0.6 is 0 Å². The van der Waals surface area contributed by atoms with Gasteiger partial charge < -0.3 is 10.6 Å². The molecule has 0 aliphatic rings. The van der Waals surface area contributed by atoms with Gasteiger partial charge in [-0.25, -0.2) is 4.98 Å². The second-order valence-corrected chi connectivity index (χ2v) is 5.33. The molecule has 0 bridgehead atoms. The molecule has 0 saturated heterocycles. The normalized spacial score (nSPS) is 11.1. The van der Waals surface area contributed by atoms with Gasteiger partial charge in [0, 0.05) is 18.5 Å². The Hall–Kier alpha value is -1.61. The van der Waals surface area contributed by atoms with E-state index < -0.39 is 0 Å². The van der Waals surface area contributed by atoms with Crippen molar-refractivity contribution >= 4 is 16.7 Å². The van der Waals surface area contributed by atoms with Crippen LogP contribution in [-0.4, -0.2) is 24.6 Å². The lowest BCUT2D eigenvalue weighted by atomic mass is 10.0. The number of pyridine rings is 1. The number of hydrogen-bond donors (Lipinski definition) is 1. The van der Waals surface area contributed by atoms with Crippen molar-refractivity contribution in [1.82, 2.24) is 4.98 Å². The third kappa shape index (κ3) is 2.78. The van der Waals surface area contributed by atoms with Crippen LogP contribution < -0.4 is 10.6 Å². The summed E-state index contributed by atoms with van der Waals surface area (Å²) in [5, 5.41) is 1.25. The Morgan fingerprint density at radius 1 is 1.10 bits per heavy atom. The fourth-order valence-corrected chi connectivity index (χ4v) is 2.80. The highest BCUT2D eigenvalue weighted by atomic mass is 15.2. The summed E-state index contributed by atoms with van der Waals surface area (Å²) >= 11 is 0. The SMILES string of the molecule is CCN(CC)c1nc2cc(C)cc(C)c2cc1CCN. The maximum Gasteiger partial charge on any atom is 0.132 e. The van der Waals surface area contributed by atoms with E-state index in [2.05, 4.69) is 50.8 Å². The lowest BCUT2D eigenvalue weighted by Crippen LogP contribution is -2.25. The molecule has 0 unspecified atom stereocenters. The van der Waals surface area contributed by atoms with E-state index >= 15 is 0 Å². The van der Waals surface area contributed by atoms with Crippen molar-refractivity contribution in [3.05, 3.63) is 34.9 Å². The zero-order valence-corrected chi connectivity index (χ0v) is 13.0. The van der Waals surface area contributed by atoms with E-state index in [0.29, 0.717) is 6.54 Å². The molecule has 0 saturated carbocycles. The first-order valence-electron chi connectivity index (χ1n) is 7.46. The smallest absolute Gasteiger partial charge is 0.132 e. The van der Waals surface area contributed by atoms with Gasteiger partial charge in [0.2, 0.25) is 0 Å². The summed E-state index contributed by atoms with van der Waals surface area (Å²) < 4.78 is 0. The summed E-state index contributed by atoms with van der Waals surface area (Å²) in [5.74, 6) is 1.10. The van der Waals surface area contributed by atoms with Crippen molar-refractivity contribution in [2.75, 3.05) is 24.5 Å². The molecule has 1 heterocycles. The third-order valence-electron chi connectivity index (χ3n) is 3.82. The summed E-state index contributed by atoms with van der Waals surface area (Å²) in [7, 11) is 0. The number of nitrogens with zero attached hydrogens (tertiary/aromatic N) is 2. The van der Waals surface area contributed by atoms with E-state index in [-0.39, 0.29) is 0 Å². The van der Waals surface area contributed by atoms with Crippen molar-refractivity contribution < 1.29 is 0 Å². The Morgan fingerprint density at radius 3 is 2.40 bits per heavy atom. The van der Waals surface area contributed by atoms with Gasteiger partial charge in [-0.2, -0.15) is 0 Å². The van der Waals surface area contributed by atoms with E-state index in [0.717, 1.165) is 30.8 Å². The predicted molar refractivity (Wildman–Crippen MR) is 87.5 cm³/mol. The molecule has 0 radical (unpaired) electrons. The number of fused-ring (bicyclic) bond motifs is 1. The van der Waals surface area contributed by atoms with Gasteiger partial charge in [0.15, 0.2) is 0 Å². The van der Waals surface area contributed by atoms with Gasteiger partial charge in [0.25, 0.3) is 0 Å². The second-order valence-electron chi connectivity index (χ2n) is 5.33. The maximum atomic E-state index is 5.77. The summed E-state index contributed by atoms with van der Waals surface area (Å²) in [6, 6.07) is 6.66. The van der Waals surface area contributed by atoms with Crippen LogP contribution in [0.4, 0.5) is 5.82 Å². The molecule has 3 heteroatoms. The second kappa shape index (κ2) is 6.23. The molecule has 2 rings (SSSR count). The monoisotopic (exact) mass is 271 g/mol. The molecular formula is C17H25N3. The molecule has 1 aromatic carbocycles. The van der Waals surface area contributed by atoms with Gasteiger partial charge in [0.05, 0.1) is 5.52 Å². The van der Waals surface area contributed by atoms with Crippen LogP contribution in [0.3, 0.4) is 0 Å². The Labute approximate surface area is 121 Å². The molecule has 2 N–H and O–H groups in total. The molecule has 20 heavy (non-hydrogen) atoms. The standard InChI is InChI=1S/C17H25N3/c1-5-20(6-2)17-14(7-8-18)11-15-13(4)9-12(3)10-16(15)19-17/h9-11H,5-8,18H2,1-4H3. The summed E-state index contributed by atoms with van der Waals surface area (Å²) in [6.45, 7) is 11.2. The first kappa shape index (κ1) is 14.8. The van der Waals surface area contributed by atoms with Gasteiger partial charge in [0.1, 0.15) is 5.82 Å². The highest BCUT2D eigenvalue weighted by Gasteiger charge is 2.12. The lowest BCUT2D eigenvalue weighted by molar-refractivity contribution is 0.831. The quantitative estimate of drug-likeness (QED) is 0.908. The lowest BCUT2D eigenvalue weighted by Gasteiger charge is -2.23. The Morgan fingerprint density at radius 2 is 1.80 bits per heavy atom. The Kier molecular flexibility index (Phi) is 4.61. The first-order valence-corrected chi connectivity index (χ1v) is 7.46. The van der Waals surface area contributed by atoms with Gasteiger partial charge >= 0.3 is 0 Å². The van der Waals surface area contributed by atoms with Gasteiger partial charge in [-0.05, 0) is 69.5 Å². The van der Waals surface area contributed by atoms with Crippen LogP contribution in [0.5, 0.6) is 0 Å². The largest absolute Gasteiger partial charge is 0.357 e. The number of hydrogen-bond acceptors (Lipinski definition) is 3.